The van der Waals surface area contributed by atoms with E-state index < -0.39 is 0 Å². The second-order valence-electron chi connectivity index (χ2n) is 12.9. The molecule has 51 heavy (non-hydrogen) atoms. The van der Waals surface area contributed by atoms with E-state index in [4.69, 9.17) is 4.42 Å². The normalized spacial score (nSPS) is 11.5. The fourth-order valence-corrected chi connectivity index (χ4v) is 8.50. The Hall–Kier alpha value is -6.42. The van der Waals surface area contributed by atoms with Crippen LogP contribution in [0, 0.1) is 0 Å². The van der Waals surface area contributed by atoms with E-state index in [-0.39, 0.29) is 0 Å². The summed E-state index contributed by atoms with van der Waals surface area (Å²) < 4.78 is 9.05. The van der Waals surface area contributed by atoms with Crippen molar-refractivity contribution in [3.63, 3.8) is 0 Å². The summed E-state index contributed by atoms with van der Waals surface area (Å²) in [5.74, 6) is 0. The van der Waals surface area contributed by atoms with E-state index in [1.54, 1.807) is 0 Å². The lowest BCUT2D eigenvalue weighted by atomic mass is 9.97. The van der Waals surface area contributed by atoms with Gasteiger partial charge >= 0.3 is 0 Å². The van der Waals surface area contributed by atoms with Crippen molar-refractivity contribution in [3.8, 4) is 33.4 Å². The van der Waals surface area contributed by atoms with Gasteiger partial charge in [0.1, 0.15) is 11.2 Å². The molecular formula is C48H31NOS. The molecule has 0 aliphatic rings. The van der Waals surface area contributed by atoms with Crippen molar-refractivity contribution >= 4 is 70.5 Å². The number of rotatable bonds is 6. The summed E-state index contributed by atoms with van der Waals surface area (Å²) in [4.78, 5) is 2.39. The van der Waals surface area contributed by atoms with Crippen LogP contribution in [0.4, 0.5) is 17.1 Å². The van der Waals surface area contributed by atoms with Crippen LogP contribution >= 0.6 is 11.3 Å². The van der Waals surface area contributed by atoms with E-state index in [1.807, 2.05) is 17.4 Å². The van der Waals surface area contributed by atoms with Gasteiger partial charge in [0.05, 0.1) is 11.1 Å². The van der Waals surface area contributed by atoms with Crippen molar-refractivity contribution in [3.05, 3.63) is 188 Å². The quantitative estimate of drug-likeness (QED) is 0.175. The predicted molar refractivity (Wildman–Crippen MR) is 218 cm³/mol. The average Bonchev–Trinajstić information content (AvgIpc) is 3.77. The van der Waals surface area contributed by atoms with E-state index >= 15 is 0 Å². The molecule has 3 heteroatoms. The summed E-state index contributed by atoms with van der Waals surface area (Å²) in [5, 5.41) is 4.82. The minimum absolute atomic E-state index is 0.870. The van der Waals surface area contributed by atoms with Crippen molar-refractivity contribution in [2.24, 2.45) is 0 Å². The Labute approximate surface area is 300 Å². The number of benzene rings is 8. The lowest BCUT2D eigenvalue weighted by molar-refractivity contribution is 0.669. The van der Waals surface area contributed by atoms with Gasteiger partial charge in [-0.05, 0) is 100 Å². The lowest BCUT2D eigenvalue weighted by Gasteiger charge is -2.28. The highest BCUT2D eigenvalue weighted by Gasteiger charge is 2.21. The third-order valence-corrected chi connectivity index (χ3v) is 11.0. The largest absolute Gasteiger partial charge is 0.456 e. The number of nitrogens with zero attached hydrogens (tertiary/aromatic N) is 1. The Kier molecular flexibility index (Phi) is 7.04. The van der Waals surface area contributed by atoms with E-state index in [2.05, 4.69) is 187 Å². The second-order valence-corrected chi connectivity index (χ2v) is 14.0. The summed E-state index contributed by atoms with van der Waals surface area (Å²) in [5.41, 5.74) is 12.0. The maximum absolute atomic E-state index is 6.41. The summed E-state index contributed by atoms with van der Waals surface area (Å²) in [6.07, 6.45) is 0. The van der Waals surface area contributed by atoms with Crippen molar-refractivity contribution in [2.45, 2.75) is 0 Å². The third kappa shape index (κ3) is 5.18. The van der Waals surface area contributed by atoms with Gasteiger partial charge in [-0.3, -0.25) is 0 Å². The van der Waals surface area contributed by atoms with Gasteiger partial charge in [0.2, 0.25) is 0 Å². The van der Waals surface area contributed by atoms with Crippen molar-refractivity contribution in [1.82, 2.24) is 0 Å². The molecule has 0 aliphatic carbocycles. The number of anilines is 3. The Morgan fingerprint density at radius 3 is 1.69 bits per heavy atom. The van der Waals surface area contributed by atoms with Gasteiger partial charge in [0.25, 0.3) is 0 Å². The monoisotopic (exact) mass is 669 g/mol. The summed E-state index contributed by atoms with van der Waals surface area (Å²) in [6.45, 7) is 0. The standard InChI is InChI=1S/C48H31NOS/c1-3-12-32(13-4-1)36-28-37(33-14-5-2-6-15-33)30-39(29-36)49(43-18-11-20-45-48(43)41-17-7-9-19-44(41)50-45)38-25-22-34(23-26-38)35-24-27-47-42(31-35)40-16-8-10-21-46(40)51-47/h1-31H. The van der Waals surface area contributed by atoms with Gasteiger partial charge in [0.15, 0.2) is 0 Å². The molecule has 0 saturated heterocycles. The predicted octanol–water partition coefficient (Wildman–Crippen LogP) is 14.4. The van der Waals surface area contributed by atoms with E-state index in [0.29, 0.717) is 0 Å². The highest BCUT2D eigenvalue weighted by molar-refractivity contribution is 7.25. The van der Waals surface area contributed by atoms with Crippen LogP contribution in [0.15, 0.2) is 192 Å². The second kappa shape index (κ2) is 12.2. The third-order valence-electron chi connectivity index (χ3n) is 9.85. The van der Waals surface area contributed by atoms with Gasteiger partial charge in [-0.15, -0.1) is 11.3 Å². The highest BCUT2D eigenvalue weighted by atomic mass is 32.1. The van der Waals surface area contributed by atoms with Crippen LogP contribution in [-0.2, 0) is 0 Å². The maximum atomic E-state index is 6.41. The SMILES string of the molecule is c1ccc(-c2cc(-c3ccccc3)cc(N(c3ccc(-c4ccc5sc6ccccc6c5c4)cc3)c3cccc4oc5ccccc5c34)c2)cc1. The van der Waals surface area contributed by atoms with Crippen LogP contribution in [0.3, 0.4) is 0 Å². The van der Waals surface area contributed by atoms with Crippen LogP contribution in [-0.4, -0.2) is 0 Å². The zero-order valence-electron chi connectivity index (χ0n) is 27.7. The van der Waals surface area contributed by atoms with Gasteiger partial charge in [-0.1, -0.05) is 121 Å². The molecule has 2 heterocycles. The Balaban J connectivity index is 1.18. The number of hydrogen-bond donors (Lipinski definition) is 0. The summed E-state index contributed by atoms with van der Waals surface area (Å²) >= 11 is 1.85. The molecule has 10 aromatic rings. The molecule has 0 saturated carbocycles. The maximum Gasteiger partial charge on any atom is 0.137 e. The molecule has 2 nitrogen and oxygen atoms in total. The molecule has 240 valence electrons. The topological polar surface area (TPSA) is 16.4 Å². The molecule has 10 rings (SSSR count). The molecule has 0 unspecified atom stereocenters. The molecule has 0 spiro atoms. The fraction of sp³-hybridized carbons (Fsp3) is 0. The Morgan fingerprint density at radius 2 is 0.941 bits per heavy atom. The highest BCUT2D eigenvalue weighted by Crippen LogP contribution is 2.45. The van der Waals surface area contributed by atoms with Gasteiger partial charge in [-0.25, -0.2) is 0 Å². The van der Waals surface area contributed by atoms with E-state index in [9.17, 15) is 0 Å². The average molecular weight is 670 g/mol. The summed E-state index contributed by atoms with van der Waals surface area (Å²) in [7, 11) is 0. The molecule has 0 aliphatic heterocycles. The molecule has 0 amide bonds. The Morgan fingerprint density at radius 1 is 0.353 bits per heavy atom. The lowest BCUT2D eigenvalue weighted by Crippen LogP contribution is -2.10. The Bertz CT molecular complexity index is 2790. The molecule has 0 bridgehead atoms. The first-order valence-electron chi connectivity index (χ1n) is 17.2. The minimum Gasteiger partial charge on any atom is -0.456 e. The van der Waals surface area contributed by atoms with Gasteiger partial charge in [0, 0.05) is 36.9 Å². The first-order valence-corrected chi connectivity index (χ1v) is 18.1. The smallest absolute Gasteiger partial charge is 0.137 e. The van der Waals surface area contributed by atoms with Crippen LogP contribution in [0.5, 0.6) is 0 Å². The molecule has 0 fully saturated rings. The van der Waals surface area contributed by atoms with Crippen molar-refractivity contribution < 1.29 is 4.42 Å². The fourth-order valence-electron chi connectivity index (χ4n) is 7.41. The number of fused-ring (bicyclic) bond motifs is 6. The van der Waals surface area contributed by atoms with Crippen LogP contribution in [0.25, 0.3) is 75.5 Å². The van der Waals surface area contributed by atoms with Crippen molar-refractivity contribution in [1.29, 1.82) is 0 Å². The van der Waals surface area contributed by atoms with E-state index in [0.717, 1.165) is 50.1 Å². The molecule has 0 radical (unpaired) electrons. The first-order chi connectivity index (χ1) is 25.3. The van der Waals surface area contributed by atoms with Gasteiger partial charge < -0.3 is 9.32 Å². The molecule has 2 aromatic heterocycles. The number of para-hydroxylation sites is 1. The number of furan rings is 1. The number of thiophene rings is 1. The summed E-state index contributed by atoms with van der Waals surface area (Å²) in [6, 6.07) is 67.5. The first kappa shape index (κ1) is 29.5. The van der Waals surface area contributed by atoms with Crippen LogP contribution < -0.4 is 4.90 Å². The zero-order chi connectivity index (χ0) is 33.7. The molecule has 8 aromatic carbocycles. The van der Waals surface area contributed by atoms with Crippen molar-refractivity contribution in [2.75, 3.05) is 4.90 Å². The van der Waals surface area contributed by atoms with Crippen LogP contribution in [0.2, 0.25) is 0 Å². The van der Waals surface area contributed by atoms with E-state index in [1.165, 1.54) is 42.4 Å². The number of hydrogen-bond acceptors (Lipinski definition) is 3. The molecular weight excluding hydrogens is 639 g/mol. The van der Waals surface area contributed by atoms with Crippen LogP contribution in [0.1, 0.15) is 0 Å². The molecule has 0 atom stereocenters. The molecule has 0 N–H and O–H groups in total. The zero-order valence-corrected chi connectivity index (χ0v) is 28.5. The minimum atomic E-state index is 0.870. The van der Waals surface area contributed by atoms with Gasteiger partial charge in [-0.2, -0.15) is 0 Å².